The smallest absolute Gasteiger partial charge is 0.118 e. The van der Waals surface area contributed by atoms with Gasteiger partial charge in [-0.3, -0.25) is 4.98 Å². The highest BCUT2D eigenvalue weighted by molar-refractivity contribution is 6.11. The second-order valence-electron chi connectivity index (χ2n) is 3.42. The van der Waals surface area contributed by atoms with E-state index in [-0.39, 0.29) is 0 Å². The molecule has 2 N–H and O–H groups in total. The first-order valence-corrected chi connectivity index (χ1v) is 5.19. The monoisotopic (exact) mass is 227 g/mol. The fourth-order valence-corrected chi connectivity index (χ4v) is 1.54. The van der Waals surface area contributed by atoms with Gasteiger partial charge in [-0.1, -0.05) is 6.07 Å². The van der Waals surface area contributed by atoms with Gasteiger partial charge in [0.15, 0.2) is 0 Å². The van der Waals surface area contributed by atoms with Crippen molar-refractivity contribution in [2.75, 3.05) is 7.11 Å². The molecule has 1 heterocycles. The van der Waals surface area contributed by atoms with Gasteiger partial charge in [0.2, 0.25) is 0 Å². The van der Waals surface area contributed by atoms with Crippen molar-refractivity contribution in [2.24, 2.45) is 10.9 Å². The van der Waals surface area contributed by atoms with Crippen molar-refractivity contribution in [3.63, 3.8) is 0 Å². The molecule has 0 aliphatic carbocycles. The average molecular weight is 227 g/mol. The molecule has 0 unspecified atom stereocenters. The van der Waals surface area contributed by atoms with Crippen molar-refractivity contribution >= 4 is 5.71 Å². The summed E-state index contributed by atoms with van der Waals surface area (Å²) >= 11 is 0. The molecule has 0 saturated carbocycles. The largest absolute Gasteiger partial charge is 0.497 e. The van der Waals surface area contributed by atoms with E-state index in [4.69, 9.17) is 10.6 Å². The number of hydrazone groups is 1. The number of rotatable bonds is 3. The maximum absolute atomic E-state index is 5.42. The van der Waals surface area contributed by atoms with E-state index in [1.807, 2.05) is 42.5 Å². The van der Waals surface area contributed by atoms with Crippen LogP contribution in [0.4, 0.5) is 0 Å². The van der Waals surface area contributed by atoms with E-state index in [1.54, 1.807) is 13.3 Å². The number of methoxy groups -OCH3 is 1. The van der Waals surface area contributed by atoms with Crippen molar-refractivity contribution in [1.82, 2.24) is 4.98 Å². The van der Waals surface area contributed by atoms with Gasteiger partial charge >= 0.3 is 0 Å². The summed E-state index contributed by atoms with van der Waals surface area (Å²) in [5, 5.41) is 3.80. The molecule has 0 radical (unpaired) electrons. The van der Waals surface area contributed by atoms with E-state index in [9.17, 15) is 0 Å². The number of nitrogens with zero attached hydrogens (tertiary/aromatic N) is 2. The second-order valence-corrected chi connectivity index (χ2v) is 3.42. The van der Waals surface area contributed by atoms with E-state index in [1.165, 1.54) is 0 Å². The summed E-state index contributed by atoms with van der Waals surface area (Å²) in [5.74, 6) is 6.22. The maximum atomic E-state index is 5.42. The number of ether oxygens (including phenoxy) is 1. The van der Waals surface area contributed by atoms with Crippen LogP contribution in [0.25, 0.3) is 0 Å². The summed E-state index contributed by atoms with van der Waals surface area (Å²) in [7, 11) is 1.63. The lowest BCUT2D eigenvalue weighted by atomic mass is 10.1. The Balaban J connectivity index is 2.37. The van der Waals surface area contributed by atoms with Crippen LogP contribution in [-0.4, -0.2) is 17.8 Å². The van der Waals surface area contributed by atoms with Gasteiger partial charge in [-0.2, -0.15) is 5.10 Å². The number of hydrogen-bond donors (Lipinski definition) is 1. The fourth-order valence-electron chi connectivity index (χ4n) is 1.54. The van der Waals surface area contributed by atoms with Crippen LogP contribution < -0.4 is 10.6 Å². The van der Waals surface area contributed by atoms with E-state index in [0.717, 1.165) is 17.0 Å². The molecule has 2 rings (SSSR count). The second kappa shape index (κ2) is 5.12. The minimum absolute atomic E-state index is 0.660. The first kappa shape index (κ1) is 11.1. The zero-order valence-electron chi connectivity index (χ0n) is 9.50. The van der Waals surface area contributed by atoms with Gasteiger partial charge < -0.3 is 10.6 Å². The lowest BCUT2D eigenvalue weighted by Crippen LogP contribution is -2.08. The van der Waals surface area contributed by atoms with Gasteiger partial charge in [-0.15, -0.1) is 0 Å². The fraction of sp³-hybridized carbons (Fsp3) is 0.0769. The van der Waals surface area contributed by atoms with Crippen molar-refractivity contribution in [3.05, 3.63) is 59.9 Å². The molecule has 0 aliphatic rings. The lowest BCUT2D eigenvalue weighted by molar-refractivity contribution is 0.415. The molecule has 17 heavy (non-hydrogen) atoms. The molecule has 0 spiro atoms. The molecule has 4 heteroatoms. The minimum Gasteiger partial charge on any atom is -0.497 e. The number of aromatic nitrogens is 1. The molecule has 86 valence electrons. The van der Waals surface area contributed by atoms with Crippen molar-refractivity contribution in [1.29, 1.82) is 0 Å². The molecule has 0 atom stereocenters. The number of benzene rings is 1. The highest BCUT2D eigenvalue weighted by atomic mass is 16.5. The molecule has 1 aromatic heterocycles. The highest BCUT2D eigenvalue weighted by Gasteiger charge is 2.07. The summed E-state index contributed by atoms with van der Waals surface area (Å²) in [6.07, 6.45) is 1.71. The van der Waals surface area contributed by atoms with E-state index >= 15 is 0 Å². The van der Waals surface area contributed by atoms with Gasteiger partial charge in [-0.25, -0.2) is 0 Å². The van der Waals surface area contributed by atoms with E-state index in [2.05, 4.69) is 10.1 Å². The van der Waals surface area contributed by atoms with Crippen LogP contribution in [0.5, 0.6) is 5.75 Å². The van der Waals surface area contributed by atoms with Crippen LogP contribution in [-0.2, 0) is 0 Å². The molecular formula is C13H13N3O. The third kappa shape index (κ3) is 2.42. The van der Waals surface area contributed by atoms with E-state index < -0.39 is 0 Å². The van der Waals surface area contributed by atoms with Gasteiger partial charge in [0.05, 0.1) is 12.8 Å². The molecular weight excluding hydrogens is 214 g/mol. The minimum atomic E-state index is 0.660. The maximum Gasteiger partial charge on any atom is 0.118 e. The van der Waals surface area contributed by atoms with Crippen molar-refractivity contribution < 1.29 is 4.74 Å². The quantitative estimate of drug-likeness (QED) is 0.494. The van der Waals surface area contributed by atoms with Crippen LogP contribution in [0.2, 0.25) is 0 Å². The summed E-state index contributed by atoms with van der Waals surface area (Å²) in [4.78, 5) is 4.23. The number of nitrogens with two attached hydrogens (primary N) is 1. The number of hydrogen-bond acceptors (Lipinski definition) is 4. The summed E-state index contributed by atoms with van der Waals surface area (Å²) in [6.45, 7) is 0. The van der Waals surface area contributed by atoms with Crippen LogP contribution in [0.1, 0.15) is 11.3 Å². The summed E-state index contributed by atoms with van der Waals surface area (Å²) < 4.78 is 5.10. The molecule has 0 saturated heterocycles. The van der Waals surface area contributed by atoms with Crippen LogP contribution in [0.15, 0.2) is 53.8 Å². The molecule has 0 aliphatic heterocycles. The normalized spacial score (nSPS) is 11.2. The zero-order valence-corrected chi connectivity index (χ0v) is 9.50. The Morgan fingerprint density at radius 2 is 1.94 bits per heavy atom. The lowest BCUT2D eigenvalue weighted by Gasteiger charge is -2.05. The molecule has 4 nitrogen and oxygen atoms in total. The third-order valence-electron chi connectivity index (χ3n) is 2.40. The van der Waals surface area contributed by atoms with Crippen LogP contribution in [0.3, 0.4) is 0 Å². The predicted molar refractivity (Wildman–Crippen MR) is 67.1 cm³/mol. The van der Waals surface area contributed by atoms with Crippen LogP contribution in [0, 0.1) is 0 Å². The summed E-state index contributed by atoms with van der Waals surface area (Å²) in [6, 6.07) is 13.2. The Hall–Kier alpha value is -2.36. The first-order chi connectivity index (χ1) is 8.35. The van der Waals surface area contributed by atoms with Gasteiger partial charge in [0.1, 0.15) is 11.5 Å². The SMILES string of the molecule is COc1ccc(C(=NN)c2ccccn2)cc1. The van der Waals surface area contributed by atoms with Gasteiger partial charge in [0.25, 0.3) is 0 Å². The Bertz CT molecular complexity index is 506. The molecule has 2 aromatic rings. The molecule has 1 aromatic carbocycles. The number of pyridine rings is 1. The standard InChI is InChI=1S/C13H13N3O/c1-17-11-7-5-10(6-8-11)13(16-14)12-4-2-3-9-15-12/h2-9H,14H2,1H3. The van der Waals surface area contributed by atoms with Gasteiger partial charge in [-0.05, 0) is 36.4 Å². The Labute approximate surface area is 99.8 Å². The van der Waals surface area contributed by atoms with Gasteiger partial charge in [0, 0.05) is 11.8 Å². The molecule has 0 fully saturated rings. The first-order valence-electron chi connectivity index (χ1n) is 5.19. The molecule has 0 amide bonds. The third-order valence-corrected chi connectivity index (χ3v) is 2.40. The predicted octanol–water partition coefficient (Wildman–Crippen LogP) is 1.80. The Kier molecular flexibility index (Phi) is 3.35. The van der Waals surface area contributed by atoms with Crippen molar-refractivity contribution in [3.8, 4) is 5.75 Å². The zero-order chi connectivity index (χ0) is 12.1. The van der Waals surface area contributed by atoms with Crippen LogP contribution >= 0.6 is 0 Å². The van der Waals surface area contributed by atoms with E-state index in [0.29, 0.717) is 5.71 Å². The highest BCUT2D eigenvalue weighted by Crippen LogP contribution is 2.14. The van der Waals surface area contributed by atoms with Crippen molar-refractivity contribution in [2.45, 2.75) is 0 Å². The summed E-state index contributed by atoms with van der Waals surface area (Å²) in [5.41, 5.74) is 2.32. The average Bonchev–Trinajstić information content (AvgIpc) is 2.42. The Morgan fingerprint density at radius 1 is 1.18 bits per heavy atom. The molecule has 0 bridgehead atoms. The topological polar surface area (TPSA) is 60.5 Å². The Morgan fingerprint density at radius 3 is 2.47 bits per heavy atom.